The van der Waals surface area contributed by atoms with Crippen molar-refractivity contribution in [2.45, 2.75) is 27.2 Å². The van der Waals surface area contributed by atoms with E-state index in [2.05, 4.69) is 19.2 Å². The van der Waals surface area contributed by atoms with E-state index in [1.807, 2.05) is 4.90 Å². The number of hydrogen-bond donors (Lipinski definition) is 2. The summed E-state index contributed by atoms with van der Waals surface area (Å²) < 4.78 is 0. The predicted molar refractivity (Wildman–Crippen MR) is 97.4 cm³/mol. The molecule has 0 bridgehead atoms. The molecule has 1 fully saturated rings. The molecule has 8 heteroatoms. The van der Waals surface area contributed by atoms with Crippen molar-refractivity contribution < 1.29 is 19.6 Å². The maximum absolute atomic E-state index is 12.2. The Morgan fingerprint density at radius 2 is 1.96 bits per heavy atom. The fourth-order valence-corrected chi connectivity index (χ4v) is 3.37. The van der Waals surface area contributed by atoms with Crippen LogP contribution in [0.3, 0.4) is 0 Å². The number of benzene rings is 1. The molecule has 1 aliphatic heterocycles. The maximum Gasteiger partial charge on any atom is 0.308 e. The Balaban J connectivity index is 2.21. The molecule has 142 valence electrons. The van der Waals surface area contributed by atoms with E-state index in [0.29, 0.717) is 17.5 Å². The molecule has 1 aromatic carbocycles. The second kappa shape index (κ2) is 8.16. The average molecular weight is 363 g/mol. The molecule has 1 amide bonds. The van der Waals surface area contributed by atoms with Crippen molar-refractivity contribution in [1.82, 2.24) is 5.32 Å². The maximum atomic E-state index is 12.2. The fraction of sp³-hybridized carbons (Fsp3) is 0.556. The van der Waals surface area contributed by atoms with Crippen LogP contribution >= 0.6 is 0 Å². The number of carboxylic acid groups (broad SMARTS) is 1. The number of carbonyl (C=O) groups excluding carboxylic acids is 1. The van der Waals surface area contributed by atoms with E-state index in [-0.39, 0.29) is 17.8 Å². The first-order valence-electron chi connectivity index (χ1n) is 8.73. The van der Waals surface area contributed by atoms with Gasteiger partial charge in [-0.15, -0.1) is 0 Å². The van der Waals surface area contributed by atoms with Crippen molar-refractivity contribution in [3.05, 3.63) is 33.9 Å². The van der Waals surface area contributed by atoms with Crippen LogP contribution < -0.4 is 10.2 Å². The van der Waals surface area contributed by atoms with E-state index in [9.17, 15) is 19.7 Å². The van der Waals surface area contributed by atoms with Crippen molar-refractivity contribution in [3.63, 3.8) is 0 Å². The van der Waals surface area contributed by atoms with Crippen LogP contribution in [-0.2, 0) is 4.79 Å². The Morgan fingerprint density at radius 1 is 1.35 bits per heavy atom. The smallest absolute Gasteiger partial charge is 0.308 e. The summed E-state index contributed by atoms with van der Waals surface area (Å²) in [5.41, 5.74) is 0.560. The minimum absolute atomic E-state index is 0.0368. The largest absolute Gasteiger partial charge is 0.481 e. The molecule has 1 aromatic rings. The summed E-state index contributed by atoms with van der Waals surface area (Å²) in [4.78, 5) is 36.1. The van der Waals surface area contributed by atoms with E-state index in [4.69, 9.17) is 5.11 Å². The van der Waals surface area contributed by atoms with Crippen molar-refractivity contribution >= 4 is 23.3 Å². The summed E-state index contributed by atoms with van der Waals surface area (Å²) in [6.45, 7) is 7.18. The molecule has 3 atom stereocenters. The summed E-state index contributed by atoms with van der Waals surface area (Å²) in [6.07, 6.45) is 1.09. The molecule has 8 nitrogen and oxygen atoms in total. The molecule has 3 unspecified atom stereocenters. The van der Waals surface area contributed by atoms with Crippen LogP contribution in [0.25, 0.3) is 0 Å². The number of nitro benzene ring substituents is 1. The van der Waals surface area contributed by atoms with Crippen molar-refractivity contribution in [1.29, 1.82) is 0 Å². The summed E-state index contributed by atoms with van der Waals surface area (Å²) in [6, 6.07) is 4.42. The Hall–Kier alpha value is -2.64. The third kappa shape index (κ3) is 4.71. The zero-order chi connectivity index (χ0) is 19.4. The van der Waals surface area contributed by atoms with Gasteiger partial charge in [-0.3, -0.25) is 19.7 Å². The number of nitrogens with zero attached hydrogens (tertiary/aromatic N) is 2. The van der Waals surface area contributed by atoms with Crippen molar-refractivity contribution in [2.75, 3.05) is 24.5 Å². The number of hydrogen-bond acceptors (Lipinski definition) is 5. The van der Waals surface area contributed by atoms with Crippen LogP contribution in [-0.4, -0.2) is 41.5 Å². The lowest BCUT2D eigenvalue weighted by Crippen LogP contribution is -2.39. The van der Waals surface area contributed by atoms with Gasteiger partial charge >= 0.3 is 5.97 Å². The monoisotopic (exact) mass is 363 g/mol. The van der Waals surface area contributed by atoms with E-state index < -0.39 is 22.7 Å². The van der Waals surface area contributed by atoms with Gasteiger partial charge in [-0.25, -0.2) is 0 Å². The van der Waals surface area contributed by atoms with Crippen LogP contribution in [0.15, 0.2) is 18.2 Å². The molecule has 0 aromatic heterocycles. The fourth-order valence-electron chi connectivity index (χ4n) is 3.37. The van der Waals surface area contributed by atoms with Gasteiger partial charge in [-0.1, -0.05) is 20.8 Å². The van der Waals surface area contributed by atoms with Crippen LogP contribution in [0.1, 0.15) is 37.6 Å². The van der Waals surface area contributed by atoms with E-state index in [0.717, 1.165) is 19.5 Å². The standard InChI is InChI=1S/C18H25N3O5/c1-11-6-12(2)10-20(9-11)15-5-4-14(7-16(15)21(25)26)17(22)19-8-13(3)18(23)24/h4-5,7,11-13H,6,8-10H2,1-3H3,(H,19,22)(H,23,24). The summed E-state index contributed by atoms with van der Waals surface area (Å²) in [7, 11) is 0. The molecule has 1 heterocycles. The first-order chi connectivity index (χ1) is 12.2. The molecule has 0 aliphatic carbocycles. The number of piperidine rings is 1. The first-order valence-corrected chi connectivity index (χ1v) is 8.73. The van der Waals surface area contributed by atoms with Crippen LogP contribution in [0, 0.1) is 27.9 Å². The zero-order valence-corrected chi connectivity index (χ0v) is 15.3. The van der Waals surface area contributed by atoms with Crippen molar-refractivity contribution in [3.8, 4) is 0 Å². The molecule has 1 saturated heterocycles. The third-order valence-electron chi connectivity index (χ3n) is 4.63. The highest BCUT2D eigenvalue weighted by molar-refractivity contribution is 5.96. The number of carboxylic acids is 1. The highest BCUT2D eigenvalue weighted by Crippen LogP contribution is 2.33. The lowest BCUT2D eigenvalue weighted by atomic mass is 9.91. The molecule has 0 saturated carbocycles. The molecular weight excluding hydrogens is 338 g/mol. The molecule has 2 rings (SSSR count). The lowest BCUT2D eigenvalue weighted by molar-refractivity contribution is -0.384. The second-order valence-corrected chi connectivity index (χ2v) is 7.26. The van der Waals surface area contributed by atoms with Gasteiger partial charge in [-0.2, -0.15) is 0 Å². The normalized spacial score (nSPS) is 21.1. The van der Waals surface area contributed by atoms with Gasteiger partial charge in [0.15, 0.2) is 0 Å². The van der Waals surface area contributed by atoms with Gasteiger partial charge in [0.2, 0.25) is 0 Å². The minimum atomic E-state index is -1.01. The van der Waals surface area contributed by atoms with Gasteiger partial charge < -0.3 is 15.3 Å². The number of amides is 1. The lowest BCUT2D eigenvalue weighted by Gasteiger charge is -2.36. The Bertz CT molecular complexity index is 696. The van der Waals surface area contributed by atoms with Gasteiger partial charge in [0.05, 0.1) is 10.8 Å². The summed E-state index contributed by atoms with van der Waals surface area (Å²) in [5.74, 6) is -1.38. The molecule has 26 heavy (non-hydrogen) atoms. The van der Waals surface area contributed by atoms with Crippen LogP contribution in [0.2, 0.25) is 0 Å². The highest BCUT2D eigenvalue weighted by atomic mass is 16.6. The van der Waals surface area contributed by atoms with E-state index >= 15 is 0 Å². The minimum Gasteiger partial charge on any atom is -0.481 e. The average Bonchev–Trinajstić information content (AvgIpc) is 2.57. The topological polar surface area (TPSA) is 113 Å². The Morgan fingerprint density at radius 3 is 2.50 bits per heavy atom. The third-order valence-corrected chi connectivity index (χ3v) is 4.63. The first kappa shape index (κ1) is 19.7. The van der Waals surface area contributed by atoms with E-state index in [1.54, 1.807) is 12.1 Å². The molecule has 1 aliphatic rings. The Kier molecular flexibility index (Phi) is 6.18. The molecule has 0 radical (unpaired) electrons. The number of carbonyl (C=O) groups is 2. The SMILES string of the molecule is CC1CC(C)CN(c2ccc(C(=O)NCC(C)C(=O)O)cc2[N+](=O)[O-])C1. The number of anilines is 1. The second-order valence-electron chi connectivity index (χ2n) is 7.26. The number of aliphatic carboxylic acids is 1. The summed E-state index contributed by atoms with van der Waals surface area (Å²) >= 11 is 0. The van der Waals surface area contributed by atoms with Gasteiger partial charge in [0, 0.05) is 31.3 Å². The predicted octanol–water partition coefficient (Wildman–Crippen LogP) is 2.53. The summed E-state index contributed by atoms with van der Waals surface area (Å²) in [5, 5.41) is 22.9. The van der Waals surface area contributed by atoms with Crippen molar-refractivity contribution in [2.24, 2.45) is 17.8 Å². The van der Waals surface area contributed by atoms with Crippen LogP contribution in [0.5, 0.6) is 0 Å². The van der Waals surface area contributed by atoms with Gasteiger partial charge in [-0.05, 0) is 30.4 Å². The quantitative estimate of drug-likeness (QED) is 0.593. The number of nitrogens with one attached hydrogen (secondary N) is 1. The van der Waals surface area contributed by atoms with Gasteiger partial charge in [0.1, 0.15) is 5.69 Å². The number of nitro groups is 1. The molecular formula is C18H25N3O5. The molecule has 0 spiro atoms. The number of rotatable bonds is 6. The van der Waals surface area contributed by atoms with Gasteiger partial charge in [0.25, 0.3) is 11.6 Å². The van der Waals surface area contributed by atoms with E-state index in [1.165, 1.54) is 13.0 Å². The van der Waals surface area contributed by atoms with Crippen LogP contribution in [0.4, 0.5) is 11.4 Å². The molecule has 2 N–H and O–H groups in total. The Labute approximate surface area is 152 Å². The zero-order valence-electron chi connectivity index (χ0n) is 15.3. The highest BCUT2D eigenvalue weighted by Gasteiger charge is 2.28.